The van der Waals surface area contributed by atoms with Crippen molar-refractivity contribution in [2.75, 3.05) is 44.6 Å². The van der Waals surface area contributed by atoms with Crippen molar-refractivity contribution in [1.29, 1.82) is 0 Å². The van der Waals surface area contributed by atoms with E-state index in [2.05, 4.69) is 37.2 Å². The van der Waals surface area contributed by atoms with E-state index in [9.17, 15) is 14.3 Å². The van der Waals surface area contributed by atoms with Crippen molar-refractivity contribution < 1.29 is 42.0 Å². The highest BCUT2D eigenvalue weighted by atomic mass is 32.7. The van der Waals surface area contributed by atoms with Gasteiger partial charge in [-0.2, -0.15) is 4.98 Å². The van der Waals surface area contributed by atoms with Crippen molar-refractivity contribution in [2.24, 2.45) is 5.92 Å². The fourth-order valence-electron chi connectivity index (χ4n) is 6.74. The number of nitrogens with one attached hydrogen (secondary N) is 1. The summed E-state index contributed by atoms with van der Waals surface area (Å²) >= 11 is 9.97. The number of thiol groups is 1. The normalized spacial score (nSPS) is 39.1. The molecule has 0 radical (unpaired) electrons. The largest absolute Gasteiger partial charge is 0.397 e. The molecular weight excluding hydrogens is 700 g/mol. The van der Waals surface area contributed by atoms with E-state index >= 15 is 0 Å². The van der Waals surface area contributed by atoms with Crippen LogP contribution in [0.15, 0.2) is 29.7 Å². The zero-order valence-corrected chi connectivity index (χ0v) is 27.9. The van der Waals surface area contributed by atoms with Gasteiger partial charge < -0.3 is 39.8 Å². The number of aromatic nitrogens is 7. The summed E-state index contributed by atoms with van der Waals surface area (Å²) in [6.45, 7) is -8.43. The zero-order valence-electron chi connectivity index (χ0n) is 24.4. The molecule has 4 bridgehead atoms. The molecule has 4 aliphatic rings. The number of methoxy groups -OCH3 is 1. The fraction of sp³-hybridized carbons (Fsp3) is 0.542. The fourth-order valence-corrected chi connectivity index (χ4v) is 10.4. The maximum Gasteiger partial charge on any atom is 0.386 e. The van der Waals surface area contributed by atoms with Gasteiger partial charge in [-0.1, -0.05) is 12.2 Å². The van der Waals surface area contributed by atoms with Crippen molar-refractivity contribution in [3.63, 3.8) is 0 Å². The Hall–Kier alpha value is -2.52. The zero-order chi connectivity index (χ0) is 32.9. The number of pyridine rings is 1. The van der Waals surface area contributed by atoms with Crippen LogP contribution in [-0.4, -0.2) is 102 Å². The summed E-state index contributed by atoms with van der Waals surface area (Å²) in [6.07, 6.45) is -0.946. The molecule has 10 atom stereocenters. The Balaban J connectivity index is 1.15. The minimum atomic E-state index is -4.15. The lowest BCUT2D eigenvalue weighted by atomic mass is 10.0. The van der Waals surface area contributed by atoms with Gasteiger partial charge in [-0.25, -0.2) is 19.5 Å². The molecule has 4 saturated heterocycles. The van der Waals surface area contributed by atoms with Gasteiger partial charge >= 0.3 is 6.80 Å². The van der Waals surface area contributed by atoms with Crippen molar-refractivity contribution in [1.82, 2.24) is 34.1 Å². The average Bonchev–Trinajstić information content (AvgIpc) is 3.82. The molecule has 0 saturated carbocycles. The molecule has 0 aromatic carbocycles. The summed E-state index contributed by atoms with van der Waals surface area (Å²) in [6, 6.07) is 1.63. The minimum Gasteiger partial charge on any atom is -0.397 e. The lowest BCUT2D eigenvalue weighted by Gasteiger charge is -2.33. The van der Waals surface area contributed by atoms with E-state index in [0.717, 1.165) is 0 Å². The van der Waals surface area contributed by atoms with Crippen LogP contribution in [0.5, 0.6) is 0 Å². The molecule has 4 fully saturated rings. The standard InChI is InChI=1S/C24H29N9O10P2S2/c1-37-15-10-5-44(35,46)40-7-24-6-38-16(22(42-24)32-8-28-13-11(25)2-3-27-18(13)32)17(24)43-45(36,47)39-4-12(15)41-21(10)33-9-29-14-19(33)30-23(26)31-20(14)34/h2-3,8-10,12,15-17,21-22H,4-7H2,1H3,(H2,25,27)(H,35,46)(H,36,47)(H3,26,30,31,34)/t10-,12-,15+,16-,17+,21-,22-,24-,44?,45?/m1/s1. The first-order chi connectivity index (χ1) is 22.4. The van der Waals surface area contributed by atoms with Crippen LogP contribution < -0.4 is 17.0 Å². The summed E-state index contributed by atoms with van der Waals surface area (Å²) in [5.74, 6) is -0.811. The van der Waals surface area contributed by atoms with Crippen molar-refractivity contribution in [2.45, 2.75) is 42.5 Å². The Morgan fingerprint density at radius 3 is 2.70 bits per heavy atom. The highest BCUT2D eigenvalue weighted by Gasteiger charge is 2.65. The molecule has 8 rings (SSSR count). The van der Waals surface area contributed by atoms with Gasteiger partial charge in [0, 0.05) is 25.4 Å². The second-order valence-electron chi connectivity index (χ2n) is 11.7. The Kier molecular flexibility index (Phi) is 7.60. The Bertz CT molecular complexity index is 2050. The smallest absolute Gasteiger partial charge is 0.386 e. The SMILES string of the molecule is CO[C@H]1[C@H]2CP(O)(=S)OC[C@@]34CO[C@@H]([C@H](n5cnc6c(N)ccnc65)O3)[C@@H]4OP(=O)(S)OC[C@H]1O[C@H]2n1cnc2c(=O)[nH]c(N)nc21. The molecule has 0 amide bonds. The van der Waals surface area contributed by atoms with E-state index in [-0.39, 0.29) is 43.1 Å². The van der Waals surface area contributed by atoms with Crippen LogP contribution in [-0.2, 0) is 48.9 Å². The maximum atomic E-state index is 13.8. The molecule has 47 heavy (non-hydrogen) atoms. The summed E-state index contributed by atoms with van der Waals surface area (Å²) in [4.78, 5) is 43.7. The first kappa shape index (κ1) is 31.7. The number of hydrogen-bond acceptors (Lipinski definition) is 16. The molecule has 6 N–H and O–H groups in total. The Morgan fingerprint density at radius 1 is 1.15 bits per heavy atom. The molecule has 252 valence electrons. The van der Waals surface area contributed by atoms with Crippen LogP contribution in [0.2, 0.25) is 0 Å². The van der Waals surface area contributed by atoms with Gasteiger partial charge in [-0.05, 0) is 17.9 Å². The van der Waals surface area contributed by atoms with Crippen molar-refractivity contribution in [3.05, 3.63) is 35.3 Å². The number of nitrogens with zero attached hydrogens (tertiary/aromatic N) is 6. The second-order valence-corrected chi connectivity index (χ2v) is 18.1. The van der Waals surface area contributed by atoms with Gasteiger partial charge in [0.05, 0.1) is 44.3 Å². The van der Waals surface area contributed by atoms with Crippen LogP contribution in [0, 0.1) is 5.92 Å². The van der Waals surface area contributed by atoms with E-state index in [1.165, 1.54) is 24.3 Å². The topological polar surface area (TPSA) is 248 Å². The van der Waals surface area contributed by atoms with Gasteiger partial charge in [-0.3, -0.25) is 28.0 Å². The summed E-state index contributed by atoms with van der Waals surface area (Å²) in [5, 5.41) is 0. The Labute approximate surface area is 275 Å². The minimum absolute atomic E-state index is 0.0231. The molecule has 8 heterocycles. The molecule has 4 aromatic rings. The van der Waals surface area contributed by atoms with Crippen LogP contribution in [0.1, 0.15) is 12.5 Å². The number of hydrogen-bond donors (Lipinski definition) is 5. The van der Waals surface area contributed by atoms with Gasteiger partial charge in [0.15, 0.2) is 29.5 Å². The number of anilines is 2. The first-order valence-corrected chi connectivity index (χ1v) is 19.8. The average molecular weight is 730 g/mol. The third kappa shape index (κ3) is 5.24. The second kappa shape index (κ2) is 11.3. The number of nitrogens with two attached hydrogens (primary N) is 2. The number of ether oxygens (including phenoxy) is 4. The van der Waals surface area contributed by atoms with E-state index < -0.39 is 67.2 Å². The van der Waals surface area contributed by atoms with Gasteiger partial charge in [0.1, 0.15) is 35.7 Å². The van der Waals surface area contributed by atoms with Crippen LogP contribution in [0.3, 0.4) is 0 Å². The van der Waals surface area contributed by atoms with Crippen molar-refractivity contribution >= 4 is 71.3 Å². The van der Waals surface area contributed by atoms with Crippen LogP contribution >= 0.6 is 25.5 Å². The monoisotopic (exact) mass is 729 g/mol. The lowest BCUT2D eigenvalue weighted by molar-refractivity contribution is -0.182. The molecule has 0 aliphatic carbocycles. The van der Waals surface area contributed by atoms with Crippen molar-refractivity contribution in [3.8, 4) is 0 Å². The molecule has 4 aliphatic heterocycles. The number of aromatic amines is 1. The van der Waals surface area contributed by atoms with Crippen LogP contribution in [0.25, 0.3) is 22.3 Å². The van der Waals surface area contributed by atoms with Gasteiger partial charge in [0.2, 0.25) is 5.95 Å². The predicted molar refractivity (Wildman–Crippen MR) is 170 cm³/mol. The van der Waals surface area contributed by atoms with Gasteiger partial charge in [0.25, 0.3) is 5.56 Å². The molecular formula is C24H29N9O10P2S2. The first-order valence-electron chi connectivity index (χ1n) is 14.3. The highest BCUT2D eigenvalue weighted by Crippen LogP contribution is 2.61. The summed E-state index contributed by atoms with van der Waals surface area (Å²) in [5.41, 5.74) is 11.5. The van der Waals surface area contributed by atoms with Gasteiger partial charge in [-0.15, -0.1) is 0 Å². The van der Waals surface area contributed by atoms with E-state index in [4.69, 9.17) is 55.8 Å². The molecule has 0 spiro atoms. The third-order valence-corrected chi connectivity index (χ3v) is 12.6. The summed E-state index contributed by atoms with van der Waals surface area (Å²) < 4.78 is 59.7. The third-order valence-electron chi connectivity index (χ3n) is 8.81. The number of nitrogen functional groups attached to an aromatic ring is 2. The predicted octanol–water partition coefficient (Wildman–Crippen LogP) is 0.696. The molecule has 2 unspecified atom stereocenters. The number of rotatable bonds is 3. The van der Waals surface area contributed by atoms with E-state index in [0.29, 0.717) is 16.9 Å². The quantitative estimate of drug-likeness (QED) is 0.144. The molecule has 4 aromatic heterocycles. The number of fused-ring (bicyclic) bond motifs is 4. The Morgan fingerprint density at radius 2 is 1.91 bits per heavy atom. The van der Waals surface area contributed by atoms with E-state index in [1.807, 2.05) is 0 Å². The molecule has 23 heteroatoms. The van der Waals surface area contributed by atoms with Crippen LogP contribution in [0.4, 0.5) is 11.6 Å². The highest BCUT2D eigenvalue weighted by molar-refractivity contribution is 8.44. The van der Waals surface area contributed by atoms with E-state index in [1.54, 1.807) is 16.8 Å². The number of H-pyrrole nitrogens is 1. The lowest BCUT2D eigenvalue weighted by Crippen LogP contribution is -2.45. The maximum absolute atomic E-state index is 13.8. The molecule has 19 nitrogen and oxygen atoms in total. The summed E-state index contributed by atoms with van der Waals surface area (Å²) in [7, 11) is 1.45. The number of imidazole rings is 2.